The Morgan fingerprint density at radius 3 is 2.69 bits per heavy atom. The van der Waals surface area contributed by atoms with Gasteiger partial charge in [-0.3, -0.25) is 9.59 Å². The molecule has 2 heterocycles. The summed E-state index contributed by atoms with van der Waals surface area (Å²) in [5.74, 6) is -0.499. The summed E-state index contributed by atoms with van der Waals surface area (Å²) < 4.78 is 6.95. The van der Waals surface area contributed by atoms with Gasteiger partial charge in [0.15, 0.2) is 0 Å². The minimum absolute atomic E-state index is 0.0574. The van der Waals surface area contributed by atoms with Gasteiger partial charge in [-0.15, -0.1) is 0 Å². The highest BCUT2D eigenvalue weighted by molar-refractivity contribution is 5.95. The molecule has 0 radical (unpaired) electrons. The third-order valence-corrected chi connectivity index (χ3v) is 4.76. The fourth-order valence-corrected chi connectivity index (χ4v) is 3.47. The van der Waals surface area contributed by atoms with Crippen molar-refractivity contribution in [3.63, 3.8) is 0 Å². The van der Waals surface area contributed by atoms with Crippen molar-refractivity contribution in [3.8, 4) is 5.69 Å². The van der Waals surface area contributed by atoms with Crippen LogP contribution in [0.4, 0.5) is 0 Å². The monoisotopic (exact) mass is 355 g/mol. The Balaban J connectivity index is 1.82. The quantitative estimate of drug-likeness (QED) is 0.774. The molecular formula is C20H25N3O3. The highest BCUT2D eigenvalue weighted by atomic mass is 16.5. The lowest BCUT2D eigenvalue weighted by Crippen LogP contribution is -2.43. The third kappa shape index (κ3) is 3.64. The smallest absolute Gasteiger partial charge is 0.310 e. The van der Waals surface area contributed by atoms with Crippen LogP contribution in [0.1, 0.15) is 42.7 Å². The lowest BCUT2D eigenvalue weighted by atomic mass is 9.97. The van der Waals surface area contributed by atoms with Crippen LogP contribution in [-0.2, 0) is 16.0 Å². The van der Waals surface area contributed by atoms with E-state index >= 15 is 0 Å². The van der Waals surface area contributed by atoms with Crippen LogP contribution in [0.25, 0.3) is 5.69 Å². The summed E-state index contributed by atoms with van der Waals surface area (Å²) in [6.45, 7) is 5.26. The molecule has 0 spiro atoms. The van der Waals surface area contributed by atoms with Crippen molar-refractivity contribution in [2.45, 2.75) is 33.1 Å². The maximum absolute atomic E-state index is 13.1. The fraction of sp³-hybridized carbons (Fsp3) is 0.450. The normalized spacial score (nSPS) is 17.2. The molecule has 1 fully saturated rings. The molecule has 6 heteroatoms. The maximum Gasteiger partial charge on any atom is 0.310 e. The number of nitrogens with zero attached hydrogens (tertiary/aromatic N) is 3. The number of ether oxygens (including phenoxy) is 1. The summed E-state index contributed by atoms with van der Waals surface area (Å²) in [5.41, 5.74) is 2.44. The van der Waals surface area contributed by atoms with E-state index in [1.165, 1.54) is 0 Å². The van der Waals surface area contributed by atoms with Crippen molar-refractivity contribution in [1.82, 2.24) is 14.7 Å². The molecule has 2 aromatic rings. The minimum Gasteiger partial charge on any atom is -0.466 e. The average Bonchev–Trinajstić information content (AvgIpc) is 3.12. The number of likely N-dealkylation sites (tertiary alicyclic amines) is 1. The van der Waals surface area contributed by atoms with Gasteiger partial charge in [-0.05, 0) is 38.3 Å². The molecule has 138 valence electrons. The summed E-state index contributed by atoms with van der Waals surface area (Å²) in [6, 6.07) is 9.79. The average molecular weight is 355 g/mol. The number of carbonyl (C=O) groups excluding carboxylic acids is 2. The van der Waals surface area contributed by atoms with E-state index in [-0.39, 0.29) is 17.8 Å². The first-order chi connectivity index (χ1) is 12.7. The van der Waals surface area contributed by atoms with Crippen LogP contribution >= 0.6 is 0 Å². The van der Waals surface area contributed by atoms with E-state index in [0.29, 0.717) is 31.7 Å². The lowest BCUT2D eigenvalue weighted by Gasteiger charge is -2.31. The molecule has 26 heavy (non-hydrogen) atoms. The zero-order chi connectivity index (χ0) is 18.5. The predicted molar refractivity (Wildman–Crippen MR) is 98.2 cm³/mol. The Morgan fingerprint density at radius 2 is 2.00 bits per heavy atom. The Hall–Kier alpha value is -2.63. The van der Waals surface area contributed by atoms with E-state index in [1.807, 2.05) is 41.9 Å². The summed E-state index contributed by atoms with van der Waals surface area (Å²) >= 11 is 0. The first kappa shape index (κ1) is 18.2. The van der Waals surface area contributed by atoms with Crippen LogP contribution in [0.5, 0.6) is 0 Å². The van der Waals surface area contributed by atoms with Gasteiger partial charge in [-0.25, -0.2) is 4.68 Å². The summed E-state index contributed by atoms with van der Waals surface area (Å²) in [6.07, 6.45) is 3.92. The molecule has 0 saturated carbocycles. The number of benzene rings is 1. The van der Waals surface area contributed by atoms with Crippen LogP contribution < -0.4 is 0 Å². The molecule has 0 unspecified atom stereocenters. The predicted octanol–water partition coefficient (Wildman–Crippen LogP) is 2.85. The van der Waals surface area contributed by atoms with E-state index < -0.39 is 0 Å². The second kappa shape index (κ2) is 8.17. The van der Waals surface area contributed by atoms with Gasteiger partial charge in [-0.1, -0.05) is 25.1 Å². The molecule has 1 aliphatic heterocycles. The van der Waals surface area contributed by atoms with Crippen molar-refractivity contribution in [2.24, 2.45) is 5.92 Å². The molecule has 3 rings (SSSR count). The zero-order valence-corrected chi connectivity index (χ0v) is 15.4. The van der Waals surface area contributed by atoms with Crippen LogP contribution in [0.15, 0.2) is 36.5 Å². The third-order valence-electron chi connectivity index (χ3n) is 4.76. The Kier molecular flexibility index (Phi) is 5.71. The van der Waals surface area contributed by atoms with Gasteiger partial charge in [0.1, 0.15) is 0 Å². The van der Waals surface area contributed by atoms with Gasteiger partial charge in [0.05, 0.1) is 35.7 Å². The first-order valence-corrected chi connectivity index (χ1v) is 9.23. The lowest BCUT2D eigenvalue weighted by molar-refractivity contribution is -0.149. The summed E-state index contributed by atoms with van der Waals surface area (Å²) in [5, 5.41) is 4.43. The Morgan fingerprint density at radius 1 is 1.23 bits per heavy atom. The van der Waals surface area contributed by atoms with Gasteiger partial charge < -0.3 is 9.64 Å². The zero-order valence-electron chi connectivity index (χ0n) is 15.4. The first-order valence-electron chi connectivity index (χ1n) is 9.23. The van der Waals surface area contributed by atoms with Crippen molar-refractivity contribution in [2.75, 3.05) is 19.7 Å². The highest BCUT2D eigenvalue weighted by Gasteiger charge is 2.31. The van der Waals surface area contributed by atoms with Crippen molar-refractivity contribution in [1.29, 1.82) is 0 Å². The number of esters is 1. The van der Waals surface area contributed by atoms with Gasteiger partial charge in [0.2, 0.25) is 0 Å². The minimum atomic E-state index is -0.234. The maximum atomic E-state index is 13.1. The van der Waals surface area contributed by atoms with E-state index in [4.69, 9.17) is 4.74 Å². The number of carbonyl (C=O) groups is 2. The Labute approximate surface area is 153 Å². The van der Waals surface area contributed by atoms with Crippen LogP contribution in [0.3, 0.4) is 0 Å². The van der Waals surface area contributed by atoms with E-state index in [9.17, 15) is 9.59 Å². The van der Waals surface area contributed by atoms with Gasteiger partial charge in [0, 0.05) is 13.1 Å². The second-order valence-electron chi connectivity index (χ2n) is 6.45. The number of amides is 1. The van der Waals surface area contributed by atoms with Crippen molar-refractivity contribution >= 4 is 11.9 Å². The number of para-hydroxylation sites is 1. The highest BCUT2D eigenvalue weighted by Crippen LogP contribution is 2.22. The number of aromatic nitrogens is 2. The van der Waals surface area contributed by atoms with Gasteiger partial charge in [0.25, 0.3) is 5.91 Å². The SMILES string of the molecule is CCOC(=O)[C@H]1CCCN(C(=O)c2cnn(-c3ccccc3)c2CC)C1. The molecule has 6 nitrogen and oxygen atoms in total. The van der Waals surface area contributed by atoms with Crippen molar-refractivity contribution < 1.29 is 14.3 Å². The molecule has 1 saturated heterocycles. The summed E-state index contributed by atoms with van der Waals surface area (Å²) in [4.78, 5) is 26.9. The molecule has 1 aliphatic rings. The van der Waals surface area contributed by atoms with Gasteiger partial charge in [-0.2, -0.15) is 5.10 Å². The Bertz CT molecular complexity index is 770. The molecule has 1 aromatic carbocycles. The molecule has 0 N–H and O–H groups in total. The molecule has 0 bridgehead atoms. The fourth-order valence-electron chi connectivity index (χ4n) is 3.47. The summed E-state index contributed by atoms with van der Waals surface area (Å²) in [7, 11) is 0. The van der Waals surface area contributed by atoms with E-state index in [2.05, 4.69) is 5.10 Å². The molecule has 1 atom stereocenters. The van der Waals surface area contributed by atoms with Crippen molar-refractivity contribution in [3.05, 3.63) is 47.8 Å². The standard InChI is InChI=1S/C20H25N3O3/c1-3-18-17(13-21-23(18)16-10-6-5-7-11-16)19(24)22-12-8-9-15(14-22)20(25)26-4-2/h5-7,10-11,13,15H,3-4,8-9,12,14H2,1-2H3/t15-/m0/s1. The van der Waals surface area contributed by atoms with E-state index in [0.717, 1.165) is 24.2 Å². The number of hydrogen-bond acceptors (Lipinski definition) is 4. The second-order valence-corrected chi connectivity index (χ2v) is 6.45. The molecular weight excluding hydrogens is 330 g/mol. The number of hydrogen-bond donors (Lipinski definition) is 0. The van der Waals surface area contributed by atoms with Crippen LogP contribution in [-0.4, -0.2) is 46.3 Å². The van der Waals surface area contributed by atoms with Crippen LogP contribution in [0.2, 0.25) is 0 Å². The molecule has 0 aliphatic carbocycles. The van der Waals surface area contributed by atoms with E-state index in [1.54, 1.807) is 18.0 Å². The number of piperidine rings is 1. The van der Waals surface area contributed by atoms with Gasteiger partial charge >= 0.3 is 5.97 Å². The van der Waals surface area contributed by atoms with Crippen LogP contribution in [0, 0.1) is 5.92 Å². The topological polar surface area (TPSA) is 64.4 Å². The largest absolute Gasteiger partial charge is 0.466 e. The molecule has 1 amide bonds. The molecule has 1 aromatic heterocycles. The number of rotatable bonds is 5.